The van der Waals surface area contributed by atoms with Gasteiger partial charge in [0.05, 0.1) is 10.4 Å². The van der Waals surface area contributed by atoms with Gasteiger partial charge in [0.25, 0.3) is 10.0 Å². The Morgan fingerprint density at radius 1 is 0.931 bits per heavy atom. The van der Waals surface area contributed by atoms with E-state index in [-0.39, 0.29) is 11.3 Å². The summed E-state index contributed by atoms with van der Waals surface area (Å²) < 4.78 is 27.6. The monoisotopic (exact) mass is 421 g/mol. The predicted octanol–water partition coefficient (Wildman–Crippen LogP) is 5.08. The largest absolute Gasteiger partial charge is 0.303 e. The SMILES string of the molecule is Cc1ccc(S(=O)(=O)n2ccc3c(CC=O)c(Sc4ccccc4)ccc32)cc1. The summed E-state index contributed by atoms with van der Waals surface area (Å²) in [7, 11) is -3.72. The van der Waals surface area contributed by atoms with Crippen LogP contribution < -0.4 is 0 Å². The van der Waals surface area contributed by atoms with Crippen molar-refractivity contribution in [3.8, 4) is 0 Å². The zero-order chi connectivity index (χ0) is 20.4. The van der Waals surface area contributed by atoms with E-state index in [0.29, 0.717) is 5.52 Å². The van der Waals surface area contributed by atoms with Gasteiger partial charge in [-0.05, 0) is 55.0 Å². The molecule has 0 fully saturated rings. The normalized spacial score (nSPS) is 11.6. The van der Waals surface area contributed by atoms with Crippen LogP contribution in [0.4, 0.5) is 0 Å². The van der Waals surface area contributed by atoms with Crippen LogP contribution in [0.1, 0.15) is 11.1 Å². The summed E-state index contributed by atoms with van der Waals surface area (Å²) in [6, 6.07) is 22.2. The molecule has 29 heavy (non-hydrogen) atoms. The Hall–Kier alpha value is -2.83. The zero-order valence-electron chi connectivity index (χ0n) is 15.8. The molecular formula is C23H19NO3S2. The van der Waals surface area contributed by atoms with Gasteiger partial charge < -0.3 is 4.79 Å². The first-order valence-electron chi connectivity index (χ1n) is 9.12. The van der Waals surface area contributed by atoms with Crippen LogP contribution >= 0.6 is 11.8 Å². The molecule has 0 saturated carbocycles. The van der Waals surface area contributed by atoms with E-state index in [2.05, 4.69) is 0 Å². The van der Waals surface area contributed by atoms with Gasteiger partial charge in [0.15, 0.2) is 0 Å². The molecule has 1 heterocycles. The summed E-state index contributed by atoms with van der Waals surface area (Å²) in [6.45, 7) is 1.92. The number of carbonyl (C=O) groups is 1. The molecule has 4 nitrogen and oxygen atoms in total. The molecule has 0 atom stereocenters. The number of rotatable bonds is 6. The van der Waals surface area contributed by atoms with E-state index in [9.17, 15) is 13.2 Å². The maximum absolute atomic E-state index is 13.2. The summed E-state index contributed by atoms with van der Waals surface area (Å²) in [5, 5.41) is 0.772. The van der Waals surface area contributed by atoms with Crippen LogP contribution in [0.15, 0.2) is 93.7 Å². The van der Waals surface area contributed by atoms with Gasteiger partial charge in [-0.2, -0.15) is 0 Å². The maximum Gasteiger partial charge on any atom is 0.268 e. The van der Waals surface area contributed by atoms with E-state index in [4.69, 9.17) is 0 Å². The van der Waals surface area contributed by atoms with Crippen molar-refractivity contribution >= 4 is 39.0 Å². The molecule has 6 heteroatoms. The summed E-state index contributed by atoms with van der Waals surface area (Å²) >= 11 is 1.57. The van der Waals surface area contributed by atoms with Gasteiger partial charge in [0, 0.05) is 27.8 Å². The summed E-state index contributed by atoms with van der Waals surface area (Å²) in [5.41, 5.74) is 2.40. The molecule has 0 N–H and O–H groups in total. The minimum absolute atomic E-state index is 0.223. The van der Waals surface area contributed by atoms with E-state index in [1.807, 2.05) is 43.3 Å². The standard InChI is InChI=1S/C23H19NO3S2/c1-17-7-9-19(10-8-17)29(26,27)24-15-13-20-21(14-16-25)23(12-11-22(20)24)28-18-5-3-2-4-6-18/h2-13,15-16H,14H2,1H3. The third kappa shape index (κ3) is 3.73. The Morgan fingerprint density at radius 2 is 1.66 bits per heavy atom. The number of nitrogens with zero attached hydrogens (tertiary/aromatic N) is 1. The number of hydrogen-bond donors (Lipinski definition) is 0. The third-order valence-electron chi connectivity index (χ3n) is 4.74. The van der Waals surface area contributed by atoms with Gasteiger partial charge in [-0.1, -0.05) is 47.7 Å². The van der Waals surface area contributed by atoms with Crippen molar-refractivity contribution in [2.24, 2.45) is 0 Å². The molecule has 0 radical (unpaired) electrons. The number of aryl methyl sites for hydroxylation is 1. The molecule has 3 aromatic carbocycles. The molecule has 0 amide bonds. The van der Waals surface area contributed by atoms with Gasteiger partial charge in [-0.15, -0.1) is 0 Å². The van der Waals surface area contributed by atoms with E-state index >= 15 is 0 Å². The minimum Gasteiger partial charge on any atom is -0.303 e. The molecule has 146 valence electrons. The summed E-state index contributed by atoms with van der Waals surface area (Å²) in [4.78, 5) is 13.6. The number of aldehydes is 1. The van der Waals surface area contributed by atoms with E-state index < -0.39 is 10.0 Å². The number of aromatic nitrogens is 1. The highest BCUT2D eigenvalue weighted by atomic mass is 32.2. The maximum atomic E-state index is 13.2. The molecule has 0 aliphatic heterocycles. The van der Waals surface area contributed by atoms with Gasteiger partial charge in [0.1, 0.15) is 6.29 Å². The smallest absolute Gasteiger partial charge is 0.268 e. The van der Waals surface area contributed by atoms with Crippen LogP contribution in [0.5, 0.6) is 0 Å². The second-order valence-corrected chi connectivity index (χ2v) is 9.62. The Morgan fingerprint density at radius 3 is 2.34 bits per heavy atom. The van der Waals surface area contributed by atoms with E-state index in [1.165, 1.54) is 3.97 Å². The van der Waals surface area contributed by atoms with Gasteiger partial charge in [-0.25, -0.2) is 12.4 Å². The van der Waals surface area contributed by atoms with Crippen molar-refractivity contribution in [2.75, 3.05) is 0 Å². The molecule has 0 bridgehead atoms. The van der Waals surface area contributed by atoms with Crippen molar-refractivity contribution in [2.45, 2.75) is 28.0 Å². The first kappa shape index (κ1) is 19.5. The predicted molar refractivity (Wildman–Crippen MR) is 116 cm³/mol. The molecule has 1 aromatic heterocycles. The fourth-order valence-corrected chi connectivity index (χ4v) is 5.62. The van der Waals surface area contributed by atoms with Gasteiger partial charge in [0.2, 0.25) is 0 Å². The van der Waals surface area contributed by atoms with Crippen molar-refractivity contribution in [3.63, 3.8) is 0 Å². The van der Waals surface area contributed by atoms with Crippen LogP contribution in [0.3, 0.4) is 0 Å². The quantitative estimate of drug-likeness (QED) is 0.408. The summed E-state index contributed by atoms with van der Waals surface area (Å²) in [6.07, 6.45) is 2.64. The second-order valence-electron chi connectivity index (χ2n) is 6.69. The van der Waals surface area contributed by atoms with Crippen LogP contribution in [0, 0.1) is 6.92 Å². The number of hydrogen-bond acceptors (Lipinski definition) is 4. The highest BCUT2D eigenvalue weighted by Gasteiger charge is 2.21. The van der Waals surface area contributed by atoms with Gasteiger partial charge in [-0.3, -0.25) is 0 Å². The molecule has 0 unspecified atom stereocenters. The Balaban J connectivity index is 1.84. The highest BCUT2D eigenvalue weighted by Crippen LogP contribution is 2.35. The van der Waals surface area contributed by atoms with E-state index in [1.54, 1.807) is 54.4 Å². The van der Waals surface area contributed by atoms with Crippen molar-refractivity contribution < 1.29 is 13.2 Å². The number of fused-ring (bicyclic) bond motifs is 1. The zero-order valence-corrected chi connectivity index (χ0v) is 17.4. The Labute approximate surface area is 174 Å². The lowest BCUT2D eigenvalue weighted by atomic mass is 10.1. The first-order chi connectivity index (χ1) is 14.0. The van der Waals surface area contributed by atoms with Gasteiger partial charge >= 0.3 is 0 Å². The molecule has 4 rings (SSSR count). The van der Waals surface area contributed by atoms with Crippen molar-refractivity contribution in [1.29, 1.82) is 0 Å². The van der Waals surface area contributed by atoms with Crippen LogP contribution in [0.2, 0.25) is 0 Å². The minimum atomic E-state index is -3.72. The molecule has 0 saturated heterocycles. The fraction of sp³-hybridized carbons (Fsp3) is 0.0870. The molecule has 0 aliphatic carbocycles. The van der Waals surface area contributed by atoms with E-state index in [0.717, 1.165) is 32.6 Å². The fourth-order valence-electron chi connectivity index (χ4n) is 3.27. The van der Waals surface area contributed by atoms with Crippen molar-refractivity contribution in [1.82, 2.24) is 3.97 Å². The topological polar surface area (TPSA) is 56.1 Å². The lowest BCUT2D eigenvalue weighted by Gasteiger charge is -2.11. The van der Waals surface area contributed by atoms with Crippen LogP contribution in [-0.4, -0.2) is 18.7 Å². The van der Waals surface area contributed by atoms with Crippen molar-refractivity contribution in [3.05, 3.63) is 90.1 Å². The van der Waals surface area contributed by atoms with Crippen LogP contribution in [-0.2, 0) is 21.2 Å². The number of benzene rings is 3. The molecule has 0 spiro atoms. The molecule has 0 aliphatic rings. The lowest BCUT2D eigenvalue weighted by Crippen LogP contribution is -2.11. The average Bonchev–Trinajstić information content (AvgIpc) is 3.16. The second kappa shape index (κ2) is 7.89. The van der Waals surface area contributed by atoms with Crippen LogP contribution in [0.25, 0.3) is 10.9 Å². The lowest BCUT2D eigenvalue weighted by molar-refractivity contribution is -0.107. The summed E-state index contributed by atoms with van der Waals surface area (Å²) in [5.74, 6) is 0. The first-order valence-corrected chi connectivity index (χ1v) is 11.4. The molecular weight excluding hydrogens is 402 g/mol. The highest BCUT2D eigenvalue weighted by molar-refractivity contribution is 7.99. The Kier molecular flexibility index (Phi) is 5.30. The molecule has 4 aromatic rings. The number of carbonyl (C=O) groups excluding carboxylic acids is 1. The third-order valence-corrected chi connectivity index (χ3v) is 7.56. The Bertz CT molecular complexity index is 1280. The average molecular weight is 422 g/mol.